The minimum Gasteiger partial charge on any atom is -0.493 e. The lowest BCUT2D eigenvalue weighted by molar-refractivity contribution is -0.0512. The zero-order valence-corrected chi connectivity index (χ0v) is 16.2. The monoisotopic (exact) mass is 418 g/mol. The number of hydrogen-bond acceptors (Lipinski definition) is 4. The summed E-state index contributed by atoms with van der Waals surface area (Å²) in [5, 5.41) is 5.33. The van der Waals surface area contributed by atoms with Crippen LogP contribution in [0.25, 0.3) is 5.69 Å². The second kappa shape index (κ2) is 9.12. The van der Waals surface area contributed by atoms with Gasteiger partial charge in [0.15, 0.2) is 11.5 Å². The van der Waals surface area contributed by atoms with Crippen molar-refractivity contribution < 1.29 is 23.0 Å². The first-order chi connectivity index (χ1) is 14.4. The average molecular weight is 418 g/mol. The molecule has 0 saturated heterocycles. The van der Waals surface area contributed by atoms with Gasteiger partial charge in [-0.2, -0.15) is 8.78 Å². The normalized spacial score (nSPS) is 10.7. The molecule has 0 aliphatic heterocycles. The van der Waals surface area contributed by atoms with E-state index in [9.17, 15) is 18.4 Å². The van der Waals surface area contributed by atoms with Crippen molar-refractivity contribution in [2.45, 2.75) is 20.1 Å². The molecule has 0 fully saturated rings. The maximum Gasteiger partial charge on any atom is 0.387 e. The fourth-order valence-corrected chi connectivity index (χ4v) is 2.90. The van der Waals surface area contributed by atoms with Crippen LogP contribution in [0.5, 0.6) is 11.5 Å². The highest BCUT2D eigenvalue weighted by Crippen LogP contribution is 2.29. The Morgan fingerprint density at radius 2 is 1.97 bits per heavy atom. The molecule has 30 heavy (non-hydrogen) atoms. The van der Waals surface area contributed by atoms with Crippen molar-refractivity contribution in [2.75, 3.05) is 12.4 Å². The number of aromatic nitrogens is 2. The lowest BCUT2D eigenvalue weighted by atomic mass is 10.2. The maximum absolute atomic E-state index is 12.6. The maximum atomic E-state index is 12.6. The number of benzene rings is 2. The van der Waals surface area contributed by atoms with E-state index in [1.807, 2.05) is 0 Å². The van der Waals surface area contributed by atoms with E-state index in [0.717, 1.165) is 0 Å². The SMILES string of the molecule is COc1ccc(CNC(=O)Nc2ccccc2-n2c(C)c[nH]c2=O)cc1OC(F)F. The first-order valence-corrected chi connectivity index (χ1v) is 8.92. The molecular formula is C20H20F2N4O4. The van der Waals surface area contributed by atoms with E-state index >= 15 is 0 Å². The number of methoxy groups -OCH3 is 1. The molecule has 3 aromatic rings. The number of aromatic amines is 1. The number of ether oxygens (including phenoxy) is 2. The lowest BCUT2D eigenvalue weighted by Gasteiger charge is -2.14. The number of imidazole rings is 1. The molecule has 0 atom stereocenters. The molecule has 0 aliphatic rings. The Labute approximate surface area is 170 Å². The number of alkyl halides is 2. The number of halogens is 2. The van der Waals surface area contributed by atoms with Gasteiger partial charge in [0.25, 0.3) is 0 Å². The van der Waals surface area contributed by atoms with E-state index < -0.39 is 12.6 Å². The third-order valence-electron chi connectivity index (χ3n) is 4.25. The zero-order chi connectivity index (χ0) is 21.7. The molecule has 1 heterocycles. The standard InChI is InChI=1S/C20H20F2N4O4/c1-12-10-24-20(28)26(12)15-6-4-3-5-14(15)25-19(27)23-11-13-7-8-16(29-2)17(9-13)30-18(21)22/h3-10,18H,11H2,1-2H3,(H,24,28)(H2,23,25,27). The number of carbonyl (C=O) groups is 1. The van der Waals surface area contributed by atoms with E-state index in [4.69, 9.17) is 4.74 Å². The van der Waals surface area contributed by atoms with Gasteiger partial charge in [-0.3, -0.25) is 4.57 Å². The van der Waals surface area contributed by atoms with Gasteiger partial charge < -0.3 is 25.1 Å². The molecule has 3 rings (SSSR count). The van der Waals surface area contributed by atoms with E-state index in [0.29, 0.717) is 22.6 Å². The summed E-state index contributed by atoms with van der Waals surface area (Å²) in [5.74, 6) is 0.0320. The molecule has 158 valence electrons. The van der Waals surface area contributed by atoms with Crippen LogP contribution in [0.15, 0.2) is 53.5 Å². The summed E-state index contributed by atoms with van der Waals surface area (Å²) >= 11 is 0. The molecule has 0 bridgehead atoms. The molecule has 1 aromatic heterocycles. The number of nitrogens with one attached hydrogen (secondary N) is 3. The molecule has 0 spiro atoms. The summed E-state index contributed by atoms with van der Waals surface area (Å²) in [4.78, 5) is 27.0. The Balaban J connectivity index is 1.71. The van der Waals surface area contributed by atoms with Crippen LogP contribution in [-0.2, 0) is 6.54 Å². The van der Waals surface area contributed by atoms with Crippen molar-refractivity contribution in [3.63, 3.8) is 0 Å². The Morgan fingerprint density at radius 1 is 1.20 bits per heavy atom. The van der Waals surface area contributed by atoms with Crippen molar-refractivity contribution in [3.8, 4) is 17.2 Å². The number of anilines is 1. The molecular weight excluding hydrogens is 398 g/mol. The molecule has 0 saturated carbocycles. The van der Waals surface area contributed by atoms with Gasteiger partial charge in [-0.25, -0.2) is 9.59 Å². The summed E-state index contributed by atoms with van der Waals surface area (Å²) < 4.78 is 36.0. The van der Waals surface area contributed by atoms with Crippen LogP contribution in [0.1, 0.15) is 11.3 Å². The topological polar surface area (TPSA) is 97.4 Å². The van der Waals surface area contributed by atoms with Crippen LogP contribution in [-0.4, -0.2) is 29.3 Å². The lowest BCUT2D eigenvalue weighted by Crippen LogP contribution is -2.29. The number of aryl methyl sites for hydroxylation is 1. The van der Waals surface area contributed by atoms with Gasteiger partial charge in [0.05, 0.1) is 18.5 Å². The van der Waals surface area contributed by atoms with Crippen LogP contribution in [0.4, 0.5) is 19.3 Å². The van der Waals surface area contributed by atoms with E-state index in [2.05, 4.69) is 20.4 Å². The largest absolute Gasteiger partial charge is 0.493 e. The van der Waals surface area contributed by atoms with Gasteiger partial charge in [0.1, 0.15) is 0 Å². The Morgan fingerprint density at radius 3 is 2.63 bits per heavy atom. The second-order valence-electron chi connectivity index (χ2n) is 6.26. The molecule has 8 nitrogen and oxygen atoms in total. The first kappa shape index (κ1) is 20.9. The number of carbonyl (C=O) groups excluding carboxylic acids is 1. The summed E-state index contributed by atoms with van der Waals surface area (Å²) in [6.07, 6.45) is 1.57. The third-order valence-corrected chi connectivity index (χ3v) is 4.25. The van der Waals surface area contributed by atoms with Gasteiger partial charge in [0, 0.05) is 18.4 Å². The molecule has 2 aromatic carbocycles. The average Bonchev–Trinajstić information content (AvgIpc) is 3.05. The number of amides is 2. The fourth-order valence-electron chi connectivity index (χ4n) is 2.90. The summed E-state index contributed by atoms with van der Waals surface area (Å²) in [6.45, 7) is -1.18. The van der Waals surface area contributed by atoms with Crippen molar-refractivity contribution in [1.29, 1.82) is 0 Å². The minimum atomic E-state index is -3.00. The van der Waals surface area contributed by atoms with Gasteiger partial charge in [-0.05, 0) is 36.8 Å². The highest BCUT2D eigenvalue weighted by molar-refractivity contribution is 5.91. The number of urea groups is 1. The summed E-state index contributed by atoms with van der Waals surface area (Å²) in [7, 11) is 1.34. The third kappa shape index (κ3) is 4.77. The molecule has 0 radical (unpaired) electrons. The summed E-state index contributed by atoms with van der Waals surface area (Å²) in [6, 6.07) is 10.8. The van der Waals surface area contributed by atoms with Gasteiger partial charge in [-0.15, -0.1) is 0 Å². The van der Waals surface area contributed by atoms with Crippen molar-refractivity contribution in [2.24, 2.45) is 0 Å². The van der Waals surface area contributed by atoms with Crippen LogP contribution in [0.3, 0.4) is 0 Å². The quantitative estimate of drug-likeness (QED) is 0.548. The van der Waals surface area contributed by atoms with Gasteiger partial charge in [0.2, 0.25) is 0 Å². The summed E-state index contributed by atoms with van der Waals surface area (Å²) in [5.41, 5.74) is 1.82. The van der Waals surface area contributed by atoms with Crippen LogP contribution in [0, 0.1) is 6.92 Å². The Kier molecular flexibility index (Phi) is 6.35. The molecule has 0 unspecified atom stereocenters. The number of H-pyrrole nitrogens is 1. The van der Waals surface area contributed by atoms with Crippen molar-refractivity contribution in [1.82, 2.24) is 14.9 Å². The van der Waals surface area contributed by atoms with Crippen LogP contribution >= 0.6 is 0 Å². The predicted octanol–water partition coefficient (Wildman–Crippen LogP) is 3.41. The predicted molar refractivity (Wildman–Crippen MR) is 107 cm³/mol. The first-order valence-electron chi connectivity index (χ1n) is 8.92. The zero-order valence-electron chi connectivity index (χ0n) is 16.2. The second-order valence-corrected chi connectivity index (χ2v) is 6.26. The van der Waals surface area contributed by atoms with E-state index in [-0.39, 0.29) is 23.7 Å². The highest BCUT2D eigenvalue weighted by Gasteiger charge is 2.14. The van der Waals surface area contributed by atoms with Crippen LogP contribution < -0.4 is 25.8 Å². The van der Waals surface area contributed by atoms with E-state index in [1.165, 1.54) is 23.8 Å². The highest BCUT2D eigenvalue weighted by atomic mass is 19.3. The number of para-hydroxylation sites is 2. The smallest absolute Gasteiger partial charge is 0.387 e. The van der Waals surface area contributed by atoms with Gasteiger partial charge >= 0.3 is 18.3 Å². The minimum absolute atomic E-state index is 0.0563. The van der Waals surface area contributed by atoms with Crippen LogP contribution in [0.2, 0.25) is 0 Å². The molecule has 0 aliphatic carbocycles. The fraction of sp³-hybridized carbons (Fsp3) is 0.200. The Bertz CT molecular complexity index is 1090. The van der Waals surface area contributed by atoms with Gasteiger partial charge in [-0.1, -0.05) is 18.2 Å². The van der Waals surface area contributed by atoms with Crippen molar-refractivity contribution >= 4 is 11.7 Å². The Hall–Kier alpha value is -3.82. The molecule has 10 heteroatoms. The van der Waals surface area contributed by atoms with E-state index in [1.54, 1.807) is 43.5 Å². The molecule has 2 amide bonds. The number of nitrogens with zero attached hydrogens (tertiary/aromatic N) is 1. The number of hydrogen-bond donors (Lipinski definition) is 3. The number of rotatable bonds is 7. The van der Waals surface area contributed by atoms with Crippen molar-refractivity contribution in [3.05, 3.63) is 70.4 Å². The molecule has 3 N–H and O–H groups in total.